The van der Waals surface area contributed by atoms with Gasteiger partial charge in [0.2, 0.25) is 0 Å². The van der Waals surface area contributed by atoms with Gasteiger partial charge in [-0.15, -0.1) is 0 Å². The molecular formula is C22H29F4NO3. The van der Waals surface area contributed by atoms with Crippen LogP contribution in [0, 0.1) is 30.2 Å². The molecule has 2 rings (SSSR count). The molecule has 168 valence electrons. The molecule has 0 unspecified atom stereocenters. The molecule has 2 aromatic rings. The van der Waals surface area contributed by atoms with Gasteiger partial charge in [-0.1, -0.05) is 19.9 Å². The summed E-state index contributed by atoms with van der Waals surface area (Å²) in [6, 6.07) is 4.20. The van der Waals surface area contributed by atoms with E-state index in [1.165, 1.54) is 26.0 Å². The Kier molecular flexibility index (Phi) is 12.6. The van der Waals surface area contributed by atoms with Crippen molar-refractivity contribution < 1.29 is 32.2 Å². The summed E-state index contributed by atoms with van der Waals surface area (Å²) in [6.07, 6.45) is 0.595. The molecule has 0 radical (unpaired) electrons. The molecular weight excluding hydrogens is 402 g/mol. The van der Waals surface area contributed by atoms with Crippen LogP contribution in [-0.2, 0) is 24.2 Å². The molecule has 4 nitrogen and oxygen atoms in total. The van der Waals surface area contributed by atoms with E-state index in [-0.39, 0.29) is 42.5 Å². The van der Waals surface area contributed by atoms with Crippen LogP contribution in [0.15, 0.2) is 18.2 Å². The summed E-state index contributed by atoms with van der Waals surface area (Å²) >= 11 is 0. The maximum absolute atomic E-state index is 14.3. The van der Waals surface area contributed by atoms with Crippen LogP contribution in [0.3, 0.4) is 0 Å². The van der Waals surface area contributed by atoms with E-state index in [0.29, 0.717) is 12.0 Å². The van der Waals surface area contributed by atoms with Crippen LogP contribution >= 0.6 is 0 Å². The number of aliphatic hydroxyl groups is 1. The molecule has 0 amide bonds. The first kappa shape index (κ1) is 27.5. The number of aliphatic hydroxyl groups excluding tert-OH is 1. The molecule has 0 spiro atoms. The molecule has 0 aliphatic carbocycles. The molecule has 0 saturated heterocycles. The number of rotatable bonds is 6. The van der Waals surface area contributed by atoms with Crippen LogP contribution in [-0.4, -0.2) is 37.6 Å². The maximum Gasteiger partial charge on any atom is 0.171 e. The number of ether oxygens (including phenoxy) is 1. The molecule has 0 heterocycles. The first-order chi connectivity index (χ1) is 14.2. The smallest absolute Gasteiger partial charge is 0.171 e. The normalized spacial score (nSPS) is 10.1. The molecule has 8 heteroatoms. The number of carbonyl (C=O) groups excluding carboxylic acids is 1. The number of benzene rings is 2. The minimum Gasteiger partial charge on any atom is -0.485 e. The molecule has 0 saturated carbocycles. The van der Waals surface area contributed by atoms with Crippen LogP contribution in [0.2, 0.25) is 0 Å². The van der Waals surface area contributed by atoms with Gasteiger partial charge in [-0.05, 0) is 57.1 Å². The summed E-state index contributed by atoms with van der Waals surface area (Å²) in [5.41, 5.74) is 0.854. The number of halogens is 4. The molecule has 30 heavy (non-hydrogen) atoms. The van der Waals surface area contributed by atoms with E-state index in [4.69, 9.17) is 14.6 Å². The van der Waals surface area contributed by atoms with Gasteiger partial charge in [0, 0.05) is 11.1 Å². The lowest BCUT2D eigenvalue weighted by Crippen LogP contribution is -2.11. The zero-order chi connectivity index (χ0) is 23.4. The van der Waals surface area contributed by atoms with Gasteiger partial charge in [0.05, 0.1) is 6.73 Å². The zero-order valence-electron chi connectivity index (χ0n) is 18.0. The first-order valence-corrected chi connectivity index (χ1v) is 9.28. The highest BCUT2D eigenvalue weighted by atomic mass is 19.2. The van der Waals surface area contributed by atoms with Crippen molar-refractivity contribution in [2.24, 2.45) is 0 Å². The summed E-state index contributed by atoms with van der Waals surface area (Å²) < 4.78 is 60.6. The largest absolute Gasteiger partial charge is 0.485 e. The van der Waals surface area contributed by atoms with Crippen LogP contribution in [0.5, 0.6) is 5.75 Å². The van der Waals surface area contributed by atoms with Gasteiger partial charge in [-0.2, -0.15) is 0 Å². The Balaban J connectivity index is 0.00000105. The van der Waals surface area contributed by atoms with Crippen molar-refractivity contribution in [2.75, 3.05) is 20.8 Å². The molecule has 0 aromatic heterocycles. The average Bonchev–Trinajstić information content (AvgIpc) is 2.75. The Labute approximate surface area is 175 Å². The zero-order valence-corrected chi connectivity index (χ0v) is 18.0. The van der Waals surface area contributed by atoms with Crippen LogP contribution in [0.4, 0.5) is 17.6 Å². The van der Waals surface area contributed by atoms with E-state index in [9.17, 15) is 17.6 Å². The number of nitrogens with zero attached hydrogens (tertiary/aromatic N) is 1. The Bertz CT molecular complexity index is 814. The molecule has 0 aliphatic heterocycles. The fraction of sp³-hybridized carbons (Fsp3) is 0.409. The fourth-order valence-electron chi connectivity index (χ4n) is 2.49. The predicted molar refractivity (Wildman–Crippen MR) is 108 cm³/mol. The van der Waals surface area contributed by atoms with Crippen LogP contribution in [0.1, 0.15) is 36.1 Å². The van der Waals surface area contributed by atoms with Crippen molar-refractivity contribution in [3.8, 4) is 5.75 Å². The lowest BCUT2D eigenvalue weighted by Gasteiger charge is -2.16. The summed E-state index contributed by atoms with van der Waals surface area (Å²) in [5.74, 6) is -3.83. The number of aryl methyl sites for hydroxylation is 1. The van der Waals surface area contributed by atoms with E-state index >= 15 is 0 Å². The standard InChI is InChI=1S/C18H18F4O.C3H9NO.CH2O/c1-4-11-8-13(19)7-6-12(11)9-23-18-10(3)15(20)16(21)14(5-2)17(18)22;1-4(2)3-5;1-2/h6-8H,4-5,9H2,1-3H3;5H,3H2,1-2H3;1H2. The molecule has 2 aromatic carbocycles. The Hall–Kier alpha value is -2.45. The Morgan fingerprint density at radius 1 is 0.967 bits per heavy atom. The van der Waals surface area contributed by atoms with Gasteiger partial charge < -0.3 is 14.6 Å². The van der Waals surface area contributed by atoms with E-state index in [1.54, 1.807) is 25.1 Å². The highest BCUT2D eigenvalue weighted by molar-refractivity contribution is 5.41. The Morgan fingerprint density at radius 2 is 1.53 bits per heavy atom. The second-order valence-corrected chi connectivity index (χ2v) is 6.50. The Morgan fingerprint density at radius 3 is 2.00 bits per heavy atom. The van der Waals surface area contributed by atoms with Gasteiger partial charge in [0.15, 0.2) is 23.2 Å². The lowest BCUT2D eigenvalue weighted by atomic mass is 10.0. The van der Waals surface area contributed by atoms with Crippen molar-refractivity contribution >= 4 is 6.79 Å². The first-order valence-electron chi connectivity index (χ1n) is 9.28. The third-order valence-electron chi connectivity index (χ3n) is 4.15. The third kappa shape index (κ3) is 7.42. The summed E-state index contributed by atoms with van der Waals surface area (Å²) in [7, 11) is 3.61. The third-order valence-corrected chi connectivity index (χ3v) is 4.15. The van der Waals surface area contributed by atoms with Gasteiger partial charge in [-0.25, -0.2) is 17.6 Å². The topological polar surface area (TPSA) is 49.8 Å². The predicted octanol–water partition coefficient (Wildman–Crippen LogP) is 4.57. The highest BCUT2D eigenvalue weighted by Gasteiger charge is 2.23. The second-order valence-electron chi connectivity index (χ2n) is 6.50. The molecule has 0 atom stereocenters. The minimum atomic E-state index is -1.18. The maximum atomic E-state index is 14.3. The SMILES string of the molecule is C=O.CCc1cc(F)ccc1COc1c(C)c(F)c(F)c(CC)c1F.CN(C)CO. The van der Waals surface area contributed by atoms with E-state index in [0.717, 1.165) is 5.56 Å². The van der Waals surface area contributed by atoms with Crippen molar-refractivity contribution in [3.63, 3.8) is 0 Å². The van der Waals surface area contributed by atoms with Gasteiger partial charge >= 0.3 is 0 Å². The van der Waals surface area contributed by atoms with Gasteiger partial charge in [0.1, 0.15) is 19.2 Å². The van der Waals surface area contributed by atoms with Crippen LogP contribution < -0.4 is 4.74 Å². The van der Waals surface area contributed by atoms with E-state index < -0.39 is 17.5 Å². The molecule has 0 fully saturated rings. The van der Waals surface area contributed by atoms with Crippen molar-refractivity contribution in [1.29, 1.82) is 0 Å². The van der Waals surface area contributed by atoms with E-state index in [1.807, 2.05) is 13.7 Å². The van der Waals surface area contributed by atoms with Crippen molar-refractivity contribution in [3.05, 3.63) is 63.7 Å². The summed E-state index contributed by atoms with van der Waals surface area (Å²) in [6.45, 7) is 6.75. The van der Waals surface area contributed by atoms with Gasteiger partial charge in [-0.3, -0.25) is 4.90 Å². The quantitative estimate of drug-likeness (QED) is 0.414. The number of hydrogen-bond donors (Lipinski definition) is 1. The second kappa shape index (κ2) is 13.7. The summed E-state index contributed by atoms with van der Waals surface area (Å²) in [4.78, 5) is 9.68. The number of hydrogen-bond acceptors (Lipinski definition) is 4. The van der Waals surface area contributed by atoms with Crippen molar-refractivity contribution in [2.45, 2.75) is 40.2 Å². The lowest BCUT2D eigenvalue weighted by molar-refractivity contribution is -0.0980. The highest BCUT2D eigenvalue weighted by Crippen LogP contribution is 2.32. The molecule has 0 aliphatic rings. The minimum absolute atomic E-state index is 0.0159. The van der Waals surface area contributed by atoms with Gasteiger partial charge in [0.25, 0.3) is 0 Å². The van der Waals surface area contributed by atoms with Crippen LogP contribution in [0.25, 0.3) is 0 Å². The number of carbonyl (C=O) groups is 1. The van der Waals surface area contributed by atoms with Crippen molar-refractivity contribution in [1.82, 2.24) is 4.90 Å². The molecule has 0 bridgehead atoms. The average molecular weight is 431 g/mol. The fourth-order valence-corrected chi connectivity index (χ4v) is 2.49. The summed E-state index contributed by atoms with van der Waals surface area (Å²) in [5, 5.41) is 8.07. The molecule has 1 N–H and O–H groups in total. The van der Waals surface area contributed by atoms with E-state index in [2.05, 4.69) is 0 Å². The monoisotopic (exact) mass is 431 g/mol.